The largest absolute Gasteiger partial charge is 0.444 e. The number of fused-ring (bicyclic) bond motifs is 1. The van der Waals surface area contributed by atoms with Crippen molar-refractivity contribution in [3.8, 4) is 0 Å². The molecule has 0 aliphatic rings. The fourth-order valence-electron chi connectivity index (χ4n) is 2.25. The molecule has 0 saturated carbocycles. The van der Waals surface area contributed by atoms with Gasteiger partial charge in [0.05, 0.1) is 19.2 Å². The fourth-order valence-corrected chi connectivity index (χ4v) is 2.25. The van der Waals surface area contributed by atoms with E-state index in [1.54, 1.807) is 6.20 Å². The van der Waals surface area contributed by atoms with Crippen molar-refractivity contribution in [1.82, 2.24) is 9.55 Å². The Hall–Kier alpha value is -2.07. The Bertz CT molecular complexity index is 681. The van der Waals surface area contributed by atoms with E-state index in [4.69, 9.17) is 10.2 Å². The Morgan fingerprint density at radius 1 is 1.33 bits per heavy atom. The monoisotopic (exact) mass is 241 g/mol. The lowest BCUT2D eigenvalue weighted by Gasteiger charge is -1.95. The standard InChI is InChI=1S/C14H15N3O/c1-17-9-10(12-4-2-3-5-13(12)17)6-14-16-8-11(7-15)18-14/h2-5,8-9H,6-7,15H2,1H3. The molecule has 2 heterocycles. The number of aromatic nitrogens is 2. The maximum atomic E-state index is 5.55. The van der Waals surface area contributed by atoms with Crippen LogP contribution in [0.25, 0.3) is 10.9 Å². The smallest absolute Gasteiger partial charge is 0.198 e. The highest BCUT2D eigenvalue weighted by Crippen LogP contribution is 2.22. The molecule has 3 rings (SSSR count). The molecular formula is C14H15N3O. The topological polar surface area (TPSA) is 57.0 Å². The highest BCUT2D eigenvalue weighted by molar-refractivity contribution is 5.84. The number of rotatable bonds is 3. The molecule has 0 fully saturated rings. The first-order valence-corrected chi connectivity index (χ1v) is 5.94. The molecular weight excluding hydrogens is 226 g/mol. The molecule has 1 aromatic carbocycles. The van der Waals surface area contributed by atoms with Gasteiger partial charge in [0.25, 0.3) is 0 Å². The zero-order chi connectivity index (χ0) is 12.5. The molecule has 0 aliphatic carbocycles. The SMILES string of the molecule is Cn1cc(Cc2ncc(CN)o2)c2ccccc21. The van der Waals surface area contributed by atoms with Gasteiger partial charge in [0.1, 0.15) is 5.76 Å². The summed E-state index contributed by atoms with van der Waals surface area (Å²) in [7, 11) is 2.05. The minimum atomic E-state index is 0.391. The van der Waals surface area contributed by atoms with Gasteiger partial charge in [0.2, 0.25) is 0 Å². The highest BCUT2D eigenvalue weighted by Gasteiger charge is 2.09. The molecule has 2 N–H and O–H groups in total. The fraction of sp³-hybridized carbons (Fsp3) is 0.214. The Morgan fingerprint density at radius 2 is 2.17 bits per heavy atom. The molecule has 0 saturated heterocycles. The summed E-state index contributed by atoms with van der Waals surface area (Å²) in [5.74, 6) is 1.44. The van der Waals surface area contributed by atoms with E-state index in [9.17, 15) is 0 Å². The van der Waals surface area contributed by atoms with Gasteiger partial charge in [0.15, 0.2) is 5.89 Å². The molecule has 92 valence electrons. The van der Waals surface area contributed by atoms with Crippen LogP contribution in [0.5, 0.6) is 0 Å². The van der Waals surface area contributed by atoms with Gasteiger partial charge in [-0.15, -0.1) is 0 Å². The zero-order valence-electron chi connectivity index (χ0n) is 10.3. The minimum Gasteiger partial charge on any atom is -0.444 e. The summed E-state index contributed by atoms with van der Waals surface area (Å²) < 4.78 is 7.67. The van der Waals surface area contributed by atoms with Crippen molar-refractivity contribution in [2.45, 2.75) is 13.0 Å². The average Bonchev–Trinajstić information content (AvgIpc) is 2.97. The molecule has 3 aromatic rings. The van der Waals surface area contributed by atoms with E-state index < -0.39 is 0 Å². The molecule has 0 unspecified atom stereocenters. The quantitative estimate of drug-likeness (QED) is 0.765. The highest BCUT2D eigenvalue weighted by atomic mass is 16.4. The average molecular weight is 241 g/mol. The van der Waals surface area contributed by atoms with Gasteiger partial charge in [-0.1, -0.05) is 18.2 Å². The lowest BCUT2D eigenvalue weighted by atomic mass is 10.1. The summed E-state index contributed by atoms with van der Waals surface area (Å²) in [5.41, 5.74) is 7.95. The number of nitrogens with zero attached hydrogens (tertiary/aromatic N) is 2. The summed E-state index contributed by atoms with van der Waals surface area (Å²) in [5, 5.41) is 1.24. The third-order valence-electron chi connectivity index (χ3n) is 3.12. The van der Waals surface area contributed by atoms with Crippen LogP contribution in [0.2, 0.25) is 0 Å². The first-order valence-electron chi connectivity index (χ1n) is 5.94. The van der Waals surface area contributed by atoms with Crippen molar-refractivity contribution in [3.05, 3.63) is 53.9 Å². The van der Waals surface area contributed by atoms with Gasteiger partial charge < -0.3 is 14.7 Å². The Kier molecular flexibility index (Phi) is 2.64. The molecule has 2 aromatic heterocycles. The number of aryl methyl sites for hydroxylation is 1. The lowest BCUT2D eigenvalue weighted by Crippen LogP contribution is -1.93. The van der Waals surface area contributed by atoms with Gasteiger partial charge in [-0.2, -0.15) is 0 Å². The van der Waals surface area contributed by atoms with Crippen LogP contribution in [0.4, 0.5) is 0 Å². The Morgan fingerprint density at radius 3 is 2.94 bits per heavy atom. The van der Waals surface area contributed by atoms with Crippen LogP contribution in [0.3, 0.4) is 0 Å². The van der Waals surface area contributed by atoms with E-state index in [2.05, 4.69) is 27.9 Å². The van der Waals surface area contributed by atoms with Crippen LogP contribution >= 0.6 is 0 Å². The molecule has 0 amide bonds. The molecule has 0 bridgehead atoms. The third kappa shape index (κ3) is 1.80. The summed E-state index contributed by atoms with van der Waals surface area (Å²) in [6.45, 7) is 0.391. The summed E-state index contributed by atoms with van der Waals surface area (Å²) in [4.78, 5) is 4.24. The summed E-state index contributed by atoms with van der Waals surface area (Å²) in [6.07, 6.45) is 4.51. The molecule has 4 heteroatoms. The van der Waals surface area contributed by atoms with Crippen LogP contribution in [-0.2, 0) is 20.0 Å². The van der Waals surface area contributed by atoms with Crippen molar-refractivity contribution < 1.29 is 4.42 Å². The number of para-hydroxylation sites is 1. The van der Waals surface area contributed by atoms with Gasteiger partial charge in [-0.25, -0.2) is 4.98 Å². The maximum Gasteiger partial charge on any atom is 0.198 e. The predicted molar refractivity (Wildman–Crippen MR) is 70.1 cm³/mol. The van der Waals surface area contributed by atoms with Crippen LogP contribution in [0.1, 0.15) is 17.2 Å². The van der Waals surface area contributed by atoms with Crippen LogP contribution in [0, 0.1) is 0 Å². The second-order valence-corrected chi connectivity index (χ2v) is 4.38. The predicted octanol–water partition coefficient (Wildman–Crippen LogP) is 2.22. The normalized spacial score (nSPS) is 11.2. The van der Waals surface area contributed by atoms with Crippen molar-refractivity contribution in [3.63, 3.8) is 0 Å². The van der Waals surface area contributed by atoms with Crippen molar-refractivity contribution in [1.29, 1.82) is 0 Å². The molecule has 4 nitrogen and oxygen atoms in total. The molecule has 0 aliphatic heterocycles. The van der Waals surface area contributed by atoms with Gasteiger partial charge in [0, 0.05) is 24.1 Å². The maximum absolute atomic E-state index is 5.55. The second-order valence-electron chi connectivity index (χ2n) is 4.38. The van der Waals surface area contributed by atoms with Crippen molar-refractivity contribution in [2.24, 2.45) is 12.8 Å². The van der Waals surface area contributed by atoms with E-state index in [0.29, 0.717) is 18.9 Å². The molecule has 0 atom stereocenters. The van der Waals surface area contributed by atoms with Crippen molar-refractivity contribution in [2.75, 3.05) is 0 Å². The molecule has 18 heavy (non-hydrogen) atoms. The molecule has 0 radical (unpaired) electrons. The van der Waals surface area contributed by atoms with E-state index in [1.807, 2.05) is 19.2 Å². The van der Waals surface area contributed by atoms with E-state index in [-0.39, 0.29) is 0 Å². The first-order chi connectivity index (χ1) is 8.78. The summed E-state index contributed by atoms with van der Waals surface area (Å²) >= 11 is 0. The van der Waals surface area contributed by atoms with Crippen LogP contribution in [-0.4, -0.2) is 9.55 Å². The van der Waals surface area contributed by atoms with E-state index in [0.717, 1.165) is 5.76 Å². The number of benzene rings is 1. The number of hydrogen-bond donors (Lipinski definition) is 1. The van der Waals surface area contributed by atoms with E-state index >= 15 is 0 Å². The van der Waals surface area contributed by atoms with Crippen molar-refractivity contribution >= 4 is 10.9 Å². The summed E-state index contributed by atoms with van der Waals surface area (Å²) in [6, 6.07) is 8.33. The Labute approximate surface area is 105 Å². The number of oxazole rings is 1. The number of nitrogens with two attached hydrogens (primary N) is 1. The van der Waals surface area contributed by atoms with Crippen LogP contribution in [0.15, 0.2) is 41.1 Å². The number of hydrogen-bond acceptors (Lipinski definition) is 3. The van der Waals surface area contributed by atoms with Gasteiger partial charge in [-0.3, -0.25) is 0 Å². The minimum absolute atomic E-state index is 0.391. The Balaban J connectivity index is 1.99. The van der Waals surface area contributed by atoms with E-state index in [1.165, 1.54) is 16.5 Å². The van der Waals surface area contributed by atoms with Gasteiger partial charge in [-0.05, 0) is 11.6 Å². The van der Waals surface area contributed by atoms with Gasteiger partial charge >= 0.3 is 0 Å². The zero-order valence-corrected chi connectivity index (χ0v) is 10.3. The third-order valence-corrected chi connectivity index (χ3v) is 3.12. The molecule has 0 spiro atoms. The van der Waals surface area contributed by atoms with Crippen LogP contribution < -0.4 is 5.73 Å². The lowest BCUT2D eigenvalue weighted by molar-refractivity contribution is 0.466. The first kappa shape index (κ1) is 11.0. The second kappa shape index (κ2) is 4.31.